The molecule has 2 N–H and O–H groups in total. The van der Waals surface area contributed by atoms with Crippen LogP contribution in [0.25, 0.3) is 0 Å². The number of anilines is 1. The minimum Gasteiger partial charge on any atom is -0.410 e. The molecule has 0 saturated carbocycles. The van der Waals surface area contributed by atoms with E-state index in [1.54, 1.807) is 12.1 Å². The molecule has 0 heterocycles. The molecule has 0 atom stereocenters. The van der Waals surface area contributed by atoms with Crippen molar-refractivity contribution >= 4 is 11.8 Å². The van der Waals surface area contributed by atoms with Crippen LogP contribution in [0.2, 0.25) is 0 Å². The SMILES string of the molecule is CCCNc1cccc(OC(=O)NC)c1. The fourth-order valence-electron chi connectivity index (χ4n) is 1.10. The number of nitrogens with one attached hydrogen (secondary N) is 2. The summed E-state index contributed by atoms with van der Waals surface area (Å²) >= 11 is 0. The number of rotatable bonds is 4. The van der Waals surface area contributed by atoms with Crippen LogP contribution in [0.1, 0.15) is 13.3 Å². The maximum Gasteiger partial charge on any atom is 0.412 e. The van der Waals surface area contributed by atoms with Gasteiger partial charge in [-0.3, -0.25) is 0 Å². The molecule has 1 rings (SSSR count). The highest BCUT2D eigenvalue weighted by Crippen LogP contribution is 2.17. The van der Waals surface area contributed by atoms with E-state index in [0.29, 0.717) is 5.75 Å². The maximum absolute atomic E-state index is 11.0. The summed E-state index contributed by atoms with van der Waals surface area (Å²) in [5, 5.41) is 5.61. The van der Waals surface area contributed by atoms with Gasteiger partial charge in [0.2, 0.25) is 0 Å². The van der Waals surface area contributed by atoms with Gasteiger partial charge in [0.15, 0.2) is 0 Å². The van der Waals surface area contributed by atoms with Crippen LogP contribution in [0.3, 0.4) is 0 Å². The minimum atomic E-state index is -0.456. The Hall–Kier alpha value is -1.71. The van der Waals surface area contributed by atoms with Gasteiger partial charge in [-0.15, -0.1) is 0 Å². The number of hydrogen-bond donors (Lipinski definition) is 2. The van der Waals surface area contributed by atoms with Gasteiger partial charge in [0.25, 0.3) is 0 Å². The molecular formula is C11H16N2O2. The van der Waals surface area contributed by atoms with Crippen LogP contribution >= 0.6 is 0 Å². The second-order valence-corrected chi connectivity index (χ2v) is 3.09. The molecule has 0 aliphatic rings. The number of hydrogen-bond acceptors (Lipinski definition) is 3. The van der Waals surface area contributed by atoms with Crippen LogP contribution in [0.4, 0.5) is 10.5 Å². The normalized spacial score (nSPS) is 9.47. The third kappa shape index (κ3) is 3.89. The molecular weight excluding hydrogens is 192 g/mol. The fraction of sp³-hybridized carbons (Fsp3) is 0.364. The van der Waals surface area contributed by atoms with Crippen LogP contribution in [0.5, 0.6) is 5.75 Å². The Morgan fingerprint density at radius 1 is 1.47 bits per heavy atom. The van der Waals surface area contributed by atoms with Crippen molar-refractivity contribution in [2.45, 2.75) is 13.3 Å². The molecule has 0 bridgehead atoms. The predicted octanol–water partition coefficient (Wildman–Crippen LogP) is 2.23. The van der Waals surface area contributed by atoms with E-state index in [2.05, 4.69) is 17.6 Å². The van der Waals surface area contributed by atoms with Crippen molar-refractivity contribution in [3.63, 3.8) is 0 Å². The van der Waals surface area contributed by atoms with Gasteiger partial charge in [0.05, 0.1) is 0 Å². The van der Waals surface area contributed by atoms with E-state index in [1.807, 2.05) is 12.1 Å². The lowest BCUT2D eigenvalue weighted by Gasteiger charge is -2.07. The first-order valence-corrected chi connectivity index (χ1v) is 4.99. The Morgan fingerprint density at radius 3 is 2.93 bits per heavy atom. The highest BCUT2D eigenvalue weighted by molar-refractivity contribution is 5.70. The summed E-state index contributed by atoms with van der Waals surface area (Å²) in [5.41, 5.74) is 0.957. The second kappa shape index (κ2) is 5.90. The van der Waals surface area contributed by atoms with Crippen molar-refractivity contribution in [1.82, 2.24) is 5.32 Å². The summed E-state index contributed by atoms with van der Waals surface area (Å²) in [6.45, 7) is 3.00. The van der Waals surface area contributed by atoms with E-state index in [4.69, 9.17) is 4.74 Å². The van der Waals surface area contributed by atoms with Gasteiger partial charge in [0.1, 0.15) is 5.75 Å². The zero-order valence-electron chi connectivity index (χ0n) is 9.04. The van der Waals surface area contributed by atoms with Gasteiger partial charge in [-0.05, 0) is 18.6 Å². The molecule has 0 unspecified atom stereocenters. The monoisotopic (exact) mass is 208 g/mol. The molecule has 4 nitrogen and oxygen atoms in total. The lowest BCUT2D eigenvalue weighted by molar-refractivity contribution is 0.203. The Labute approximate surface area is 89.6 Å². The molecule has 0 radical (unpaired) electrons. The summed E-state index contributed by atoms with van der Waals surface area (Å²) in [6.07, 6.45) is 0.600. The standard InChI is InChI=1S/C11H16N2O2/c1-3-7-13-9-5-4-6-10(8-9)15-11(14)12-2/h4-6,8,13H,3,7H2,1-2H3,(H,12,14). The summed E-state index contributed by atoms with van der Waals surface area (Å²) in [4.78, 5) is 11.0. The number of amides is 1. The van der Waals surface area contributed by atoms with E-state index in [1.165, 1.54) is 7.05 Å². The summed E-state index contributed by atoms with van der Waals surface area (Å²) in [7, 11) is 1.53. The smallest absolute Gasteiger partial charge is 0.410 e. The first-order chi connectivity index (χ1) is 7.26. The van der Waals surface area contributed by atoms with Gasteiger partial charge in [-0.1, -0.05) is 13.0 Å². The van der Waals surface area contributed by atoms with Gasteiger partial charge in [0, 0.05) is 25.3 Å². The van der Waals surface area contributed by atoms with Crippen molar-refractivity contribution in [2.24, 2.45) is 0 Å². The van der Waals surface area contributed by atoms with E-state index < -0.39 is 6.09 Å². The Bertz CT molecular complexity index is 326. The molecule has 0 aromatic heterocycles. The van der Waals surface area contributed by atoms with Gasteiger partial charge in [-0.25, -0.2) is 4.79 Å². The van der Waals surface area contributed by atoms with E-state index in [-0.39, 0.29) is 0 Å². The molecule has 0 aliphatic carbocycles. The van der Waals surface area contributed by atoms with Crippen molar-refractivity contribution in [3.8, 4) is 5.75 Å². The minimum absolute atomic E-state index is 0.456. The summed E-state index contributed by atoms with van der Waals surface area (Å²) < 4.78 is 4.99. The van der Waals surface area contributed by atoms with E-state index >= 15 is 0 Å². The first-order valence-electron chi connectivity index (χ1n) is 4.99. The molecule has 1 aromatic rings. The zero-order chi connectivity index (χ0) is 11.1. The highest BCUT2D eigenvalue weighted by Gasteiger charge is 2.01. The molecule has 1 aromatic carbocycles. The van der Waals surface area contributed by atoms with Gasteiger partial charge >= 0.3 is 6.09 Å². The number of benzene rings is 1. The fourth-order valence-corrected chi connectivity index (χ4v) is 1.10. The molecule has 15 heavy (non-hydrogen) atoms. The number of ether oxygens (including phenoxy) is 1. The maximum atomic E-state index is 11.0. The van der Waals surface area contributed by atoms with Crippen molar-refractivity contribution in [2.75, 3.05) is 18.9 Å². The Kier molecular flexibility index (Phi) is 4.47. The van der Waals surface area contributed by atoms with E-state index in [0.717, 1.165) is 18.7 Å². The highest BCUT2D eigenvalue weighted by atomic mass is 16.5. The lowest BCUT2D eigenvalue weighted by Crippen LogP contribution is -2.22. The number of carbonyl (C=O) groups is 1. The second-order valence-electron chi connectivity index (χ2n) is 3.09. The largest absolute Gasteiger partial charge is 0.412 e. The van der Waals surface area contributed by atoms with Crippen LogP contribution in [-0.4, -0.2) is 19.7 Å². The van der Waals surface area contributed by atoms with Crippen LogP contribution < -0.4 is 15.4 Å². The number of carbonyl (C=O) groups excluding carboxylic acids is 1. The van der Waals surface area contributed by atoms with Crippen LogP contribution in [0.15, 0.2) is 24.3 Å². The molecule has 0 aliphatic heterocycles. The molecule has 4 heteroatoms. The van der Waals surface area contributed by atoms with Crippen molar-refractivity contribution in [3.05, 3.63) is 24.3 Å². The molecule has 1 amide bonds. The zero-order valence-corrected chi connectivity index (χ0v) is 9.04. The van der Waals surface area contributed by atoms with Crippen molar-refractivity contribution in [1.29, 1.82) is 0 Å². The molecule has 0 saturated heterocycles. The van der Waals surface area contributed by atoms with Gasteiger partial charge < -0.3 is 15.4 Å². The topological polar surface area (TPSA) is 50.4 Å². The predicted molar refractivity (Wildman–Crippen MR) is 60.3 cm³/mol. The van der Waals surface area contributed by atoms with Crippen molar-refractivity contribution < 1.29 is 9.53 Å². The Balaban J connectivity index is 2.61. The first kappa shape index (κ1) is 11.4. The third-order valence-electron chi connectivity index (χ3n) is 1.83. The summed E-state index contributed by atoms with van der Waals surface area (Å²) in [5.74, 6) is 0.537. The third-order valence-corrected chi connectivity index (χ3v) is 1.83. The van der Waals surface area contributed by atoms with Crippen LogP contribution in [-0.2, 0) is 0 Å². The lowest BCUT2D eigenvalue weighted by atomic mass is 10.3. The van der Waals surface area contributed by atoms with Gasteiger partial charge in [-0.2, -0.15) is 0 Å². The Morgan fingerprint density at radius 2 is 2.27 bits per heavy atom. The molecule has 82 valence electrons. The summed E-state index contributed by atoms with van der Waals surface area (Å²) in [6, 6.07) is 7.32. The average molecular weight is 208 g/mol. The average Bonchev–Trinajstić information content (AvgIpc) is 2.26. The van der Waals surface area contributed by atoms with E-state index in [9.17, 15) is 4.79 Å². The quantitative estimate of drug-likeness (QED) is 0.797. The molecule has 0 fully saturated rings. The van der Waals surface area contributed by atoms with Crippen LogP contribution in [0, 0.1) is 0 Å². The molecule has 0 spiro atoms.